The van der Waals surface area contributed by atoms with Gasteiger partial charge in [-0.3, -0.25) is 4.98 Å². The lowest BCUT2D eigenvalue weighted by Crippen LogP contribution is -2.09. The van der Waals surface area contributed by atoms with Gasteiger partial charge in [-0.15, -0.1) is 0 Å². The normalized spacial score (nSPS) is 10.2. The molecule has 6 heteroatoms. The predicted octanol–water partition coefficient (Wildman–Crippen LogP) is 5.17. The van der Waals surface area contributed by atoms with Crippen molar-refractivity contribution >= 4 is 11.8 Å². The summed E-state index contributed by atoms with van der Waals surface area (Å²) in [4.78, 5) is 20.7. The standard InChI is InChI=1S/C28H23N3O3/c1-19-25(28(32)33)16-26(31-27(19)30-18-22-9-13-24(34-2)14-10-22)23-11-7-20(8-12-23)5-6-21-4-3-15-29-17-21/h3-4,7-17H,18H2,1-2H3,(H,30,31)(H,32,33). The number of aromatic nitrogens is 2. The van der Waals surface area contributed by atoms with Gasteiger partial charge < -0.3 is 15.2 Å². The first kappa shape index (κ1) is 22.6. The molecule has 4 rings (SSSR count). The number of nitrogens with zero attached hydrogens (tertiary/aromatic N) is 2. The molecule has 0 aliphatic rings. The lowest BCUT2D eigenvalue weighted by molar-refractivity contribution is 0.0696. The molecule has 4 aromatic rings. The fourth-order valence-electron chi connectivity index (χ4n) is 3.39. The third-order valence-corrected chi connectivity index (χ3v) is 5.32. The summed E-state index contributed by atoms with van der Waals surface area (Å²) >= 11 is 0. The Morgan fingerprint density at radius 3 is 2.41 bits per heavy atom. The van der Waals surface area contributed by atoms with Gasteiger partial charge in [0, 0.05) is 41.2 Å². The number of carbonyl (C=O) groups is 1. The highest BCUT2D eigenvalue weighted by molar-refractivity contribution is 5.92. The molecule has 0 radical (unpaired) electrons. The summed E-state index contributed by atoms with van der Waals surface area (Å²) in [6, 6.07) is 20.6. The van der Waals surface area contributed by atoms with Crippen molar-refractivity contribution in [3.8, 4) is 28.8 Å². The van der Waals surface area contributed by atoms with Crippen LogP contribution in [0.3, 0.4) is 0 Å². The van der Waals surface area contributed by atoms with Gasteiger partial charge in [0.15, 0.2) is 0 Å². The predicted molar refractivity (Wildman–Crippen MR) is 132 cm³/mol. The molecule has 2 heterocycles. The number of benzene rings is 2. The minimum Gasteiger partial charge on any atom is -0.497 e. The fraction of sp³-hybridized carbons (Fsp3) is 0.107. The summed E-state index contributed by atoms with van der Waals surface area (Å²) in [5.74, 6) is 6.51. The van der Waals surface area contributed by atoms with Gasteiger partial charge in [0.05, 0.1) is 18.4 Å². The van der Waals surface area contributed by atoms with E-state index in [1.807, 2.05) is 60.7 Å². The fourth-order valence-corrected chi connectivity index (χ4v) is 3.39. The molecule has 0 amide bonds. The van der Waals surface area contributed by atoms with Gasteiger partial charge in [0.25, 0.3) is 0 Å². The van der Waals surface area contributed by atoms with Crippen molar-refractivity contribution in [1.29, 1.82) is 0 Å². The maximum atomic E-state index is 11.9. The number of hydrogen-bond acceptors (Lipinski definition) is 5. The second-order valence-corrected chi connectivity index (χ2v) is 7.60. The Hall–Kier alpha value is -4.63. The Labute approximate surface area is 198 Å². The van der Waals surface area contributed by atoms with E-state index in [4.69, 9.17) is 9.72 Å². The third-order valence-electron chi connectivity index (χ3n) is 5.32. The summed E-state index contributed by atoms with van der Waals surface area (Å²) in [5, 5.41) is 13.0. The van der Waals surface area contributed by atoms with Crippen LogP contribution in [0, 0.1) is 18.8 Å². The SMILES string of the molecule is COc1ccc(CNc2nc(-c3ccc(C#Cc4cccnc4)cc3)cc(C(=O)O)c2C)cc1. The summed E-state index contributed by atoms with van der Waals surface area (Å²) < 4.78 is 5.19. The highest BCUT2D eigenvalue weighted by Gasteiger charge is 2.15. The molecule has 0 spiro atoms. The van der Waals surface area contributed by atoms with Crippen LogP contribution in [-0.2, 0) is 6.54 Å². The number of anilines is 1. The number of aromatic carboxylic acids is 1. The van der Waals surface area contributed by atoms with Crippen LogP contribution in [0.25, 0.3) is 11.3 Å². The minimum atomic E-state index is -0.993. The van der Waals surface area contributed by atoms with Gasteiger partial charge in [-0.1, -0.05) is 36.1 Å². The molecule has 2 aromatic heterocycles. The molecule has 0 bridgehead atoms. The second-order valence-electron chi connectivity index (χ2n) is 7.60. The van der Waals surface area contributed by atoms with Gasteiger partial charge in [-0.05, 0) is 55.0 Å². The van der Waals surface area contributed by atoms with Crippen LogP contribution in [0.2, 0.25) is 0 Å². The van der Waals surface area contributed by atoms with E-state index >= 15 is 0 Å². The number of rotatable bonds is 6. The van der Waals surface area contributed by atoms with E-state index in [0.717, 1.165) is 28.0 Å². The Morgan fingerprint density at radius 1 is 1.03 bits per heavy atom. The molecule has 0 aliphatic carbocycles. The Morgan fingerprint density at radius 2 is 1.76 bits per heavy atom. The average molecular weight is 450 g/mol. The van der Waals surface area contributed by atoms with Gasteiger partial charge in [-0.25, -0.2) is 9.78 Å². The zero-order chi connectivity index (χ0) is 23.9. The maximum absolute atomic E-state index is 11.9. The zero-order valence-electron chi connectivity index (χ0n) is 18.9. The lowest BCUT2D eigenvalue weighted by Gasteiger charge is -2.14. The van der Waals surface area contributed by atoms with Crippen LogP contribution >= 0.6 is 0 Å². The van der Waals surface area contributed by atoms with E-state index in [2.05, 4.69) is 22.1 Å². The van der Waals surface area contributed by atoms with E-state index in [1.54, 1.807) is 32.5 Å². The van der Waals surface area contributed by atoms with Gasteiger partial charge >= 0.3 is 5.97 Å². The van der Waals surface area contributed by atoms with Crippen LogP contribution in [-0.4, -0.2) is 28.2 Å². The number of ether oxygens (including phenoxy) is 1. The first-order valence-electron chi connectivity index (χ1n) is 10.7. The summed E-state index contributed by atoms with van der Waals surface area (Å²) in [6.07, 6.45) is 3.42. The Kier molecular flexibility index (Phi) is 6.85. The molecule has 2 aromatic carbocycles. The number of methoxy groups -OCH3 is 1. The lowest BCUT2D eigenvalue weighted by atomic mass is 10.0. The first-order chi connectivity index (χ1) is 16.5. The molecule has 0 saturated carbocycles. The average Bonchev–Trinajstić information content (AvgIpc) is 2.88. The largest absolute Gasteiger partial charge is 0.497 e. The summed E-state index contributed by atoms with van der Waals surface area (Å²) in [6.45, 7) is 2.26. The van der Waals surface area contributed by atoms with Crippen molar-refractivity contribution in [2.75, 3.05) is 12.4 Å². The molecule has 34 heavy (non-hydrogen) atoms. The molecule has 0 saturated heterocycles. The summed E-state index contributed by atoms with van der Waals surface area (Å²) in [7, 11) is 1.62. The molecule has 0 aliphatic heterocycles. The van der Waals surface area contributed by atoms with Crippen LogP contribution in [0.4, 0.5) is 5.82 Å². The van der Waals surface area contributed by atoms with E-state index in [0.29, 0.717) is 23.6 Å². The van der Waals surface area contributed by atoms with Gasteiger partial charge in [0.1, 0.15) is 11.6 Å². The van der Waals surface area contributed by atoms with E-state index in [-0.39, 0.29) is 5.56 Å². The minimum absolute atomic E-state index is 0.211. The van der Waals surface area contributed by atoms with Crippen molar-refractivity contribution in [2.24, 2.45) is 0 Å². The van der Waals surface area contributed by atoms with E-state index in [9.17, 15) is 9.90 Å². The van der Waals surface area contributed by atoms with Crippen molar-refractivity contribution in [3.63, 3.8) is 0 Å². The first-order valence-corrected chi connectivity index (χ1v) is 10.7. The van der Waals surface area contributed by atoms with E-state index in [1.165, 1.54) is 0 Å². The number of pyridine rings is 2. The molecular weight excluding hydrogens is 426 g/mol. The van der Waals surface area contributed by atoms with Crippen molar-refractivity contribution < 1.29 is 14.6 Å². The number of hydrogen-bond donors (Lipinski definition) is 2. The molecule has 0 fully saturated rings. The Bertz CT molecular complexity index is 1350. The van der Waals surface area contributed by atoms with Gasteiger partial charge in [-0.2, -0.15) is 0 Å². The third kappa shape index (κ3) is 5.40. The maximum Gasteiger partial charge on any atom is 0.336 e. The number of carboxylic acid groups (broad SMARTS) is 1. The van der Waals surface area contributed by atoms with Crippen LogP contribution in [0.5, 0.6) is 5.75 Å². The van der Waals surface area contributed by atoms with Crippen molar-refractivity contribution in [1.82, 2.24) is 9.97 Å². The number of nitrogens with one attached hydrogen (secondary N) is 1. The molecular formula is C28H23N3O3. The molecule has 0 atom stereocenters. The highest BCUT2D eigenvalue weighted by atomic mass is 16.5. The zero-order valence-corrected chi connectivity index (χ0v) is 18.9. The summed E-state index contributed by atoms with van der Waals surface area (Å²) in [5.41, 5.74) is 4.89. The van der Waals surface area contributed by atoms with Crippen molar-refractivity contribution in [3.05, 3.63) is 107 Å². The van der Waals surface area contributed by atoms with Crippen molar-refractivity contribution in [2.45, 2.75) is 13.5 Å². The van der Waals surface area contributed by atoms with E-state index < -0.39 is 5.97 Å². The monoisotopic (exact) mass is 449 g/mol. The molecule has 0 unspecified atom stereocenters. The van der Waals surface area contributed by atoms with Crippen LogP contribution in [0.15, 0.2) is 79.1 Å². The number of carboxylic acids is 1. The van der Waals surface area contributed by atoms with Gasteiger partial charge in [0.2, 0.25) is 0 Å². The molecule has 2 N–H and O–H groups in total. The smallest absolute Gasteiger partial charge is 0.336 e. The molecule has 6 nitrogen and oxygen atoms in total. The Balaban J connectivity index is 1.59. The van der Waals surface area contributed by atoms with Crippen LogP contribution in [0.1, 0.15) is 32.6 Å². The molecule has 168 valence electrons. The quantitative estimate of drug-likeness (QED) is 0.395. The second kappa shape index (κ2) is 10.3. The highest BCUT2D eigenvalue weighted by Crippen LogP contribution is 2.26. The topological polar surface area (TPSA) is 84.3 Å². The van der Waals surface area contributed by atoms with Crippen LogP contribution < -0.4 is 10.1 Å².